The second-order valence-corrected chi connectivity index (χ2v) is 5.85. The zero-order valence-corrected chi connectivity index (χ0v) is 12.5. The van der Waals surface area contributed by atoms with Crippen LogP contribution < -0.4 is 4.74 Å². The molecule has 0 fully saturated rings. The van der Waals surface area contributed by atoms with E-state index >= 15 is 0 Å². The number of rotatable bonds is 3. The summed E-state index contributed by atoms with van der Waals surface area (Å²) in [5.41, 5.74) is 1.57. The maximum atomic E-state index is 5.82. The van der Waals surface area contributed by atoms with Gasteiger partial charge in [-0.25, -0.2) is 4.98 Å². The summed E-state index contributed by atoms with van der Waals surface area (Å²) in [6.45, 7) is 8.44. The fourth-order valence-electron chi connectivity index (χ4n) is 2.00. The fourth-order valence-corrected chi connectivity index (χ4v) is 2.00. The lowest BCUT2D eigenvalue weighted by Gasteiger charge is -2.21. The predicted molar refractivity (Wildman–Crippen MR) is 74.9 cm³/mol. The normalized spacial score (nSPS) is 12.0. The molecule has 0 atom stereocenters. The van der Waals surface area contributed by atoms with Crippen molar-refractivity contribution in [2.75, 3.05) is 0 Å². The zero-order chi connectivity index (χ0) is 15.0. The number of nitrogens with zero attached hydrogens (tertiary/aromatic N) is 6. The lowest BCUT2D eigenvalue weighted by molar-refractivity contribution is 0.271. The molecule has 3 rings (SSSR count). The SMILES string of the molecule is Cc1nnc2cc(C(C)(C)C)c(OCc3ncn[nH]3)nn12. The van der Waals surface area contributed by atoms with Crippen LogP contribution in [0.5, 0.6) is 5.88 Å². The van der Waals surface area contributed by atoms with Crippen molar-refractivity contribution in [1.29, 1.82) is 0 Å². The molecular weight excluding hydrogens is 270 g/mol. The topological polar surface area (TPSA) is 93.9 Å². The van der Waals surface area contributed by atoms with E-state index in [2.05, 4.69) is 51.2 Å². The molecule has 21 heavy (non-hydrogen) atoms. The van der Waals surface area contributed by atoms with Crippen LogP contribution in [0.2, 0.25) is 0 Å². The summed E-state index contributed by atoms with van der Waals surface area (Å²) in [5, 5.41) is 19.2. The first-order chi connectivity index (χ1) is 9.95. The summed E-state index contributed by atoms with van der Waals surface area (Å²) in [4.78, 5) is 4.04. The van der Waals surface area contributed by atoms with Gasteiger partial charge in [0.05, 0.1) is 0 Å². The van der Waals surface area contributed by atoms with Gasteiger partial charge < -0.3 is 4.74 Å². The van der Waals surface area contributed by atoms with Crippen LogP contribution in [0.3, 0.4) is 0 Å². The Morgan fingerprint density at radius 3 is 2.76 bits per heavy atom. The molecule has 0 aliphatic heterocycles. The Balaban J connectivity index is 2.02. The van der Waals surface area contributed by atoms with Crippen LogP contribution in [0, 0.1) is 6.92 Å². The number of H-pyrrole nitrogens is 1. The molecule has 0 saturated carbocycles. The van der Waals surface area contributed by atoms with E-state index in [0.29, 0.717) is 17.4 Å². The van der Waals surface area contributed by atoms with Gasteiger partial charge in [-0.3, -0.25) is 5.10 Å². The molecule has 0 radical (unpaired) electrons. The Hall–Kier alpha value is -2.51. The molecular formula is C13H17N7O. The molecule has 0 unspecified atom stereocenters. The van der Waals surface area contributed by atoms with Crippen LogP contribution in [0.15, 0.2) is 12.4 Å². The van der Waals surface area contributed by atoms with Crippen molar-refractivity contribution in [2.45, 2.75) is 39.7 Å². The van der Waals surface area contributed by atoms with Crippen LogP contribution in [-0.4, -0.2) is 35.0 Å². The largest absolute Gasteiger partial charge is 0.468 e. The minimum atomic E-state index is -0.120. The van der Waals surface area contributed by atoms with Gasteiger partial charge in [-0.2, -0.15) is 9.61 Å². The van der Waals surface area contributed by atoms with E-state index in [-0.39, 0.29) is 12.0 Å². The van der Waals surface area contributed by atoms with E-state index in [4.69, 9.17) is 4.74 Å². The number of ether oxygens (including phenoxy) is 1. The number of hydrogen-bond donors (Lipinski definition) is 1. The summed E-state index contributed by atoms with van der Waals surface area (Å²) < 4.78 is 7.49. The van der Waals surface area contributed by atoms with Crippen molar-refractivity contribution >= 4 is 5.65 Å². The van der Waals surface area contributed by atoms with Crippen molar-refractivity contribution in [3.63, 3.8) is 0 Å². The second-order valence-electron chi connectivity index (χ2n) is 5.85. The van der Waals surface area contributed by atoms with Crippen molar-refractivity contribution in [1.82, 2.24) is 35.0 Å². The van der Waals surface area contributed by atoms with Crippen LogP contribution in [0.4, 0.5) is 0 Å². The lowest BCUT2D eigenvalue weighted by Crippen LogP contribution is -2.16. The Morgan fingerprint density at radius 2 is 2.10 bits per heavy atom. The third-order valence-corrected chi connectivity index (χ3v) is 3.13. The highest BCUT2D eigenvalue weighted by molar-refractivity contribution is 5.46. The standard InChI is InChI=1S/C13H17N7O/c1-8-16-18-11-5-9(13(2,3)4)12(19-20(8)11)21-6-10-14-7-15-17-10/h5,7H,6H2,1-4H3,(H,14,15,17). The molecule has 0 aliphatic carbocycles. The molecule has 1 N–H and O–H groups in total. The van der Waals surface area contributed by atoms with Crippen molar-refractivity contribution < 1.29 is 4.74 Å². The molecule has 0 saturated heterocycles. The van der Waals surface area contributed by atoms with Gasteiger partial charge in [-0.05, 0) is 18.4 Å². The predicted octanol–water partition coefficient (Wildman–Crippen LogP) is 1.43. The van der Waals surface area contributed by atoms with Gasteiger partial charge in [0.25, 0.3) is 0 Å². The minimum Gasteiger partial charge on any atom is -0.468 e. The molecule has 3 heterocycles. The average Bonchev–Trinajstić information content (AvgIpc) is 3.05. The highest BCUT2D eigenvalue weighted by Crippen LogP contribution is 2.30. The monoisotopic (exact) mass is 287 g/mol. The Bertz CT molecular complexity index is 755. The summed E-state index contributed by atoms with van der Waals surface area (Å²) >= 11 is 0. The van der Waals surface area contributed by atoms with E-state index in [1.54, 1.807) is 4.52 Å². The van der Waals surface area contributed by atoms with Crippen LogP contribution in [-0.2, 0) is 12.0 Å². The molecule has 110 valence electrons. The van der Waals surface area contributed by atoms with Gasteiger partial charge in [0.1, 0.15) is 12.9 Å². The third kappa shape index (κ3) is 2.56. The van der Waals surface area contributed by atoms with E-state index in [0.717, 1.165) is 11.4 Å². The quantitative estimate of drug-likeness (QED) is 0.783. The summed E-state index contributed by atoms with van der Waals surface area (Å²) in [6.07, 6.45) is 1.45. The number of hydrogen-bond acceptors (Lipinski definition) is 6. The molecule has 0 aromatic carbocycles. The number of aromatic nitrogens is 7. The maximum Gasteiger partial charge on any atom is 0.236 e. The summed E-state index contributed by atoms with van der Waals surface area (Å²) in [7, 11) is 0. The molecule has 3 aromatic heterocycles. The highest BCUT2D eigenvalue weighted by atomic mass is 16.5. The van der Waals surface area contributed by atoms with Gasteiger partial charge >= 0.3 is 0 Å². The van der Waals surface area contributed by atoms with Gasteiger partial charge in [0, 0.05) is 5.56 Å². The molecule has 0 spiro atoms. The van der Waals surface area contributed by atoms with Gasteiger partial charge in [-0.15, -0.1) is 15.3 Å². The second kappa shape index (κ2) is 4.80. The number of aryl methyl sites for hydroxylation is 1. The fraction of sp³-hybridized carbons (Fsp3) is 0.462. The van der Waals surface area contributed by atoms with E-state index in [1.807, 2.05) is 13.0 Å². The van der Waals surface area contributed by atoms with Crippen LogP contribution >= 0.6 is 0 Å². The first-order valence-electron chi connectivity index (χ1n) is 6.66. The van der Waals surface area contributed by atoms with Gasteiger partial charge in [-0.1, -0.05) is 20.8 Å². The Kier molecular flexibility index (Phi) is 3.08. The Labute approximate surface area is 121 Å². The smallest absolute Gasteiger partial charge is 0.236 e. The van der Waals surface area contributed by atoms with E-state index < -0.39 is 0 Å². The van der Waals surface area contributed by atoms with Gasteiger partial charge in [0.15, 0.2) is 17.3 Å². The molecule has 0 aliphatic rings. The van der Waals surface area contributed by atoms with Crippen LogP contribution in [0.1, 0.15) is 38.0 Å². The van der Waals surface area contributed by atoms with Crippen LogP contribution in [0.25, 0.3) is 5.65 Å². The first-order valence-corrected chi connectivity index (χ1v) is 6.66. The molecule has 8 nitrogen and oxygen atoms in total. The number of fused-ring (bicyclic) bond motifs is 1. The van der Waals surface area contributed by atoms with E-state index in [1.165, 1.54) is 6.33 Å². The molecule has 3 aromatic rings. The van der Waals surface area contributed by atoms with Crippen molar-refractivity contribution in [2.24, 2.45) is 0 Å². The maximum absolute atomic E-state index is 5.82. The molecule has 0 bridgehead atoms. The molecule has 0 amide bonds. The third-order valence-electron chi connectivity index (χ3n) is 3.13. The van der Waals surface area contributed by atoms with Crippen molar-refractivity contribution in [3.05, 3.63) is 29.6 Å². The number of nitrogens with one attached hydrogen (secondary N) is 1. The van der Waals surface area contributed by atoms with Gasteiger partial charge in [0.2, 0.25) is 5.88 Å². The highest BCUT2D eigenvalue weighted by Gasteiger charge is 2.23. The molecule has 8 heteroatoms. The minimum absolute atomic E-state index is 0.120. The van der Waals surface area contributed by atoms with E-state index in [9.17, 15) is 0 Å². The number of aromatic amines is 1. The zero-order valence-electron chi connectivity index (χ0n) is 12.5. The summed E-state index contributed by atoms with van der Waals surface area (Å²) in [6, 6.07) is 1.96. The van der Waals surface area contributed by atoms with Crippen molar-refractivity contribution in [3.8, 4) is 5.88 Å². The average molecular weight is 287 g/mol. The summed E-state index contributed by atoms with van der Waals surface area (Å²) in [5.74, 6) is 1.92. The Morgan fingerprint density at radius 1 is 1.29 bits per heavy atom. The lowest BCUT2D eigenvalue weighted by atomic mass is 9.88. The first kappa shape index (κ1) is 13.5.